The molecule has 0 fully saturated rings. The van der Waals surface area contributed by atoms with Gasteiger partial charge in [0.15, 0.2) is 6.10 Å². The Hall–Kier alpha value is -1.93. The number of likely N-dealkylation sites (N-methyl/N-ethyl adjacent to an activating group) is 1. The van der Waals surface area contributed by atoms with Crippen LogP contribution in [-0.2, 0) is 28.6 Å². The predicted octanol–water partition coefficient (Wildman–Crippen LogP) is 7.85. The minimum Gasteiger partial charge on any atom is -0.544 e. The molecule has 0 spiro atoms. The zero-order valence-electron chi connectivity index (χ0n) is 30.5. The summed E-state index contributed by atoms with van der Waals surface area (Å²) in [5, 5.41) is 11.5. The summed E-state index contributed by atoms with van der Waals surface area (Å²) >= 11 is 0. The number of carbonyl (C=O) groups is 3. The predicted molar refractivity (Wildman–Crippen MR) is 185 cm³/mol. The molecule has 0 aromatic carbocycles. The molecule has 0 aliphatic carbocycles. The highest BCUT2D eigenvalue weighted by molar-refractivity contribution is 5.70. The maximum atomic E-state index is 12.6. The van der Waals surface area contributed by atoms with E-state index in [4.69, 9.17) is 14.2 Å². The second-order valence-corrected chi connectivity index (χ2v) is 13.8. The van der Waals surface area contributed by atoms with Crippen molar-refractivity contribution in [3.8, 4) is 0 Å². The molecule has 46 heavy (non-hydrogen) atoms. The van der Waals surface area contributed by atoms with E-state index in [-0.39, 0.29) is 42.7 Å². The molecule has 0 saturated carbocycles. The van der Waals surface area contributed by atoms with Crippen LogP contribution in [0.1, 0.15) is 162 Å². The smallest absolute Gasteiger partial charge is 0.306 e. The fourth-order valence-corrected chi connectivity index (χ4v) is 5.42. The molecule has 2 atom stereocenters. The van der Waals surface area contributed by atoms with E-state index in [0.717, 1.165) is 51.4 Å². The third-order valence-corrected chi connectivity index (χ3v) is 8.40. The first-order valence-corrected chi connectivity index (χ1v) is 18.7. The second-order valence-electron chi connectivity index (χ2n) is 13.8. The van der Waals surface area contributed by atoms with Gasteiger partial charge in [-0.1, -0.05) is 116 Å². The third-order valence-electron chi connectivity index (χ3n) is 8.40. The number of nitrogens with zero attached hydrogens (tertiary/aromatic N) is 1. The van der Waals surface area contributed by atoms with E-state index in [9.17, 15) is 19.5 Å². The van der Waals surface area contributed by atoms with Crippen LogP contribution in [0.2, 0.25) is 0 Å². The van der Waals surface area contributed by atoms with Gasteiger partial charge in [-0.05, 0) is 38.5 Å². The van der Waals surface area contributed by atoms with E-state index in [2.05, 4.69) is 26.0 Å². The van der Waals surface area contributed by atoms with Crippen LogP contribution < -0.4 is 5.11 Å². The minimum absolute atomic E-state index is 0.0427. The standard InChI is InChI=1S/C38H71NO7/c1-6-8-10-12-14-16-18-19-21-22-24-26-28-36(40)45-33-34(32-44-31-30-35(38(42)43)39(3,4)5)46-37(41)29-27-25-23-20-17-15-13-11-9-7-2/h14,16,34-35H,6-13,15,17-33H2,1-5H3/b16-14+. The normalized spacial score (nSPS) is 13.2. The van der Waals surface area contributed by atoms with Crippen LogP contribution in [-0.4, -0.2) is 75.5 Å². The quantitative estimate of drug-likeness (QED) is 0.0308. The molecule has 0 amide bonds. The second kappa shape index (κ2) is 30.4. The van der Waals surface area contributed by atoms with Gasteiger partial charge in [-0.25, -0.2) is 0 Å². The number of unbranched alkanes of at least 4 members (excludes halogenated alkanes) is 17. The van der Waals surface area contributed by atoms with E-state index >= 15 is 0 Å². The van der Waals surface area contributed by atoms with Crippen LogP contribution >= 0.6 is 0 Å². The number of aliphatic carboxylic acids is 1. The molecule has 0 aromatic heterocycles. The third kappa shape index (κ3) is 28.3. The molecule has 0 saturated heterocycles. The van der Waals surface area contributed by atoms with Gasteiger partial charge >= 0.3 is 11.9 Å². The lowest BCUT2D eigenvalue weighted by Crippen LogP contribution is -2.55. The lowest BCUT2D eigenvalue weighted by molar-refractivity contribution is -0.889. The van der Waals surface area contributed by atoms with Gasteiger partial charge in [0.05, 0.1) is 40.3 Å². The number of hydrogen-bond acceptors (Lipinski definition) is 7. The molecule has 0 aliphatic heterocycles. The van der Waals surface area contributed by atoms with Crippen molar-refractivity contribution in [3.05, 3.63) is 12.2 Å². The summed E-state index contributed by atoms with van der Waals surface area (Å²) in [4.78, 5) is 36.5. The highest BCUT2D eigenvalue weighted by Gasteiger charge is 2.25. The molecule has 2 unspecified atom stereocenters. The van der Waals surface area contributed by atoms with Gasteiger partial charge in [0.2, 0.25) is 0 Å². The first-order valence-electron chi connectivity index (χ1n) is 18.7. The number of carboxylic acid groups (broad SMARTS) is 1. The summed E-state index contributed by atoms with van der Waals surface area (Å²) in [7, 11) is 5.39. The maximum absolute atomic E-state index is 12.6. The van der Waals surface area contributed by atoms with Crippen molar-refractivity contribution in [2.45, 2.75) is 174 Å². The Kier molecular flexibility index (Phi) is 29.1. The van der Waals surface area contributed by atoms with Crippen molar-refractivity contribution in [3.63, 3.8) is 0 Å². The first-order chi connectivity index (χ1) is 22.1. The van der Waals surface area contributed by atoms with E-state index < -0.39 is 18.1 Å². The van der Waals surface area contributed by atoms with Crippen LogP contribution in [0, 0.1) is 0 Å². The molecule has 0 radical (unpaired) electrons. The Morgan fingerprint density at radius 1 is 0.630 bits per heavy atom. The zero-order valence-corrected chi connectivity index (χ0v) is 30.5. The van der Waals surface area contributed by atoms with Crippen molar-refractivity contribution in [2.75, 3.05) is 41.0 Å². The molecule has 8 nitrogen and oxygen atoms in total. The van der Waals surface area contributed by atoms with Crippen LogP contribution in [0.15, 0.2) is 12.2 Å². The Balaban J connectivity index is 4.43. The number of ether oxygens (including phenoxy) is 3. The number of quaternary nitrogens is 1. The van der Waals surface area contributed by atoms with Crippen molar-refractivity contribution in [1.29, 1.82) is 0 Å². The average molecular weight is 654 g/mol. The van der Waals surface area contributed by atoms with Crippen LogP contribution in [0.25, 0.3) is 0 Å². The van der Waals surface area contributed by atoms with Gasteiger partial charge in [-0.3, -0.25) is 9.59 Å². The van der Waals surface area contributed by atoms with Crippen LogP contribution in [0.5, 0.6) is 0 Å². The van der Waals surface area contributed by atoms with Gasteiger partial charge in [0.1, 0.15) is 12.6 Å². The fourth-order valence-electron chi connectivity index (χ4n) is 5.42. The van der Waals surface area contributed by atoms with E-state index in [0.29, 0.717) is 12.8 Å². The summed E-state index contributed by atoms with van der Waals surface area (Å²) in [5.74, 6) is -1.74. The molecular weight excluding hydrogens is 582 g/mol. The lowest BCUT2D eigenvalue weighted by Gasteiger charge is -2.34. The number of rotatable bonds is 33. The summed E-state index contributed by atoms with van der Waals surface area (Å²) in [6, 6.07) is -0.720. The highest BCUT2D eigenvalue weighted by atomic mass is 16.6. The number of allylic oxidation sites excluding steroid dienone is 2. The van der Waals surface area contributed by atoms with Crippen molar-refractivity contribution < 1.29 is 38.2 Å². The van der Waals surface area contributed by atoms with Gasteiger partial charge in [0, 0.05) is 19.3 Å². The number of esters is 2. The van der Waals surface area contributed by atoms with Crippen molar-refractivity contribution in [1.82, 2.24) is 0 Å². The molecule has 0 aliphatic rings. The highest BCUT2D eigenvalue weighted by Crippen LogP contribution is 2.13. The SMILES string of the molecule is CCCCC/C=C/CCCCCCCC(=O)OCC(COCCC(C(=O)[O-])[N+](C)(C)C)OC(=O)CCCCCCCCCCCC. The van der Waals surface area contributed by atoms with Gasteiger partial charge in [0.25, 0.3) is 0 Å². The summed E-state index contributed by atoms with van der Waals surface area (Å²) < 4.78 is 17.0. The van der Waals surface area contributed by atoms with Gasteiger partial charge in [-0.2, -0.15) is 0 Å². The molecule has 0 rings (SSSR count). The Bertz CT molecular complexity index is 778. The monoisotopic (exact) mass is 654 g/mol. The molecule has 0 heterocycles. The molecule has 0 aromatic rings. The van der Waals surface area contributed by atoms with Crippen molar-refractivity contribution in [2.24, 2.45) is 0 Å². The average Bonchev–Trinajstić information content (AvgIpc) is 3.00. The van der Waals surface area contributed by atoms with Gasteiger partial charge < -0.3 is 28.6 Å². The van der Waals surface area contributed by atoms with Crippen LogP contribution in [0.4, 0.5) is 0 Å². The molecular formula is C38H71NO7. The Morgan fingerprint density at radius 3 is 1.61 bits per heavy atom. The maximum Gasteiger partial charge on any atom is 0.306 e. The Labute approximate surface area is 282 Å². The minimum atomic E-state index is -1.13. The van der Waals surface area contributed by atoms with E-state index in [1.807, 2.05) is 0 Å². The zero-order chi connectivity index (χ0) is 34.3. The van der Waals surface area contributed by atoms with Crippen LogP contribution in [0.3, 0.4) is 0 Å². The van der Waals surface area contributed by atoms with E-state index in [1.165, 1.54) is 77.0 Å². The summed E-state index contributed by atoms with van der Waals surface area (Å²) in [5.41, 5.74) is 0. The summed E-state index contributed by atoms with van der Waals surface area (Å²) in [6.07, 6.45) is 28.0. The van der Waals surface area contributed by atoms with E-state index in [1.54, 1.807) is 21.1 Å². The number of carbonyl (C=O) groups excluding carboxylic acids is 3. The Morgan fingerprint density at radius 2 is 1.09 bits per heavy atom. The van der Waals surface area contributed by atoms with Gasteiger partial charge in [-0.15, -0.1) is 0 Å². The summed E-state index contributed by atoms with van der Waals surface area (Å²) in [6.45, 7) is 4.60. The molecule has 8 heteroatoms. The number of carboxylic acids is 1. The number of hydrogen-bond donors (Lipinski definition) is 0. The molecule has 0 bridgehead atoms. The molecule has 270 valence electrons. The van der Waals surface area contributed by atoms with Crippen molar-refractivity contribution >= 4 is 17.9 Å². The largest absolute Gasteiger partial charge is 0.544 e. The lowest BCUT2D eigenvalue weighted by atomic mass is 10.1. The fraction of sp³-hybridized carbons (Fsp3) is 0.868. The first kappa shape index (κ1) is 44.1. The topological polar surface area (TPSA) is 102 Å². The molecule has 0 N–H and O–H groups in total.